The van der Waals surface area contributed by atoms with Gasteiger partial charge in [-0.1, -0.05) is 11.6 Å². The van der Waals surface area contributed by atoms with E-state index in [1.165, 1.54) is 36.7 Å². The van der Waals surface area contributed by atoms with E-state index in [1.54, 1.807) is 10.6 Å². The average Bonchev–Trinajstić information content (AvgIpc) is 3.38. The molecule has 0 N–H and O–H groups in total. The number of hydrogen-bond donors (Lipinski definition) is 0. The number of aryl methyl sites for hydroxylation is 2. The number of fused-ring (bicyclic) bond motifs is 2. The predicted molar refractivity (Wildman–Crippen MR) is 134 cm³/mol. The Labute approximate surface area is 212 Å². The van der Waals surface area contributed by atoms with Crippen molar-refractivity contribution in [2.45, 2.75) is 51.7 Å². The van der Waals surface area contributed by atoms with Crippen molar-refractivity contribution in [3.8, 4) is 11.3 Å². The molecular formula is C27H25ClF2N4O2. The molecule has 186 valence electrons. The zero-order valence-electron chi connectivity index (χ0n) is 19.8. The third-order valence-corrected chi connectivity index (χ3v) is 6.79. The Morgan fingerprint density at radius 3 is 2.67 bits per heavy atom. The first kappa shape index (κ1) is 24.5. The number of halogens is 3. The molecule has 0 spiro atoms. The normalized spacial score (nSPS) is 16.9. The third-order valence-electron chi connectivity index (χ3n) is 6.50. The van der Waals surface area contributed by atoms with Crippen molar-refractivity contribution in [1.29, 1.82) is 0 Å². The van der Waals surface area contributed by atoms with Gasteiger partial charge in [-0.25, -0.2) is 13.8 Å². The molecule has 1 aromatic carbocycles. The monoisotopic (exact) mass is 510 g/mol. The molecule has 0 bridgehead atoms. The maximum absolute atomic E-state index is 14.2. The van der Waals surface area contributed by atoms with Crippen LogP contribution in [0.1, 0.15) is 48.9 Å². The first-order valence-electron chi connectivity index (χ1n) is 12.0. The summed E-state index contributed by atoms with van der Waals surface area (Å²) in [5.74, 6) is -1.59. The smallest absolute Gasteiger partial charge is 0.261 e. The second kappa shape index (κ2) is 10.4. The van der Waals surface area contributed by atoms with Crippen LogP contribution in [0.5, 0.6) is 0 Å². The molecule has 3 aromatic heterocycles. The van der Waals surface area contributed by atoms with Crippen molar-refractivity contribution in [1.82, 2.24) is 19.5 Å². The minimum absolute atomic E-state index is 0.0626. The molecule has 0 saturated carbocycles. The highest BCUT2D eigenvalue weighted by Gasteiger charge is 2.21. The summed E-state index contributed by atoms with van der Waals surface area (Å²) in [4.78, 5) is 25.3. The van der Waals surface area contributed by atoms with Gasteiger partial charge in [0.05, 0.1) is 22.2 Å². The Morgan fingerprint density at radius 2 is 1.89 bits per heavy atom. The van der Waals surface area contributed by atoms with Gasteiger partial charge in [0.1, 0.15) is 11.3 Å². The van der Waals surface area contributed by atoms with E-state index in [-0.39, 0.29) is 27.4 Å². The number of rotatable bonds is 2. The second-order valence-electron chi connectivity index (χ2n) is 8.95. The molecule has 1 atom stereocenters. The Bertz CT molecular complexity index is 1490. The van der Waals surface area contributed by atoms with Crippen molar-refractivity contribution in [2.24, 2.45) is 0 Å². The highest BCUT2D eigenvalue weighted by atomic mass is 35.5. The van der Waals surface area contributed by atoms with E-state index in [0.717, 1.165) is 25.1 Å². The van der Waals surface area contributed by atoms with Gasteiger partial charge in [-0.15, -0.1) is 0 Å². The van der Waals surface area contributed by atoms with E-state index in [9.17, 15) is 13.6 Å². The molecular weight excluding hydrogens is 486 g/mol. The molecule has 0 aliphatic carbocycles. The van der Waals surface area contributed by atoms with Gasteiger partial charge in [0.25, 0.3) is 5.56 Å². The summed E-state index contributed by atoms with van der Waals surface area (Å²) < 4.78 is 35.3. The second-order valence-corrected chi connectivity index (χ2v) is 9.36. The summed E-state index contributed by atoms with van der Waals surface area (Å²) in [7, 11) is 0. The van der Waals surface area contributed by atoms with Gasteiger partial charge in [0.15, 0.2) is 11.6 Å². The summed E-state index contributed by atoms with van der Waals surface area (Å²) >= 11 is 5.59. The van der Waals surface area contributed by atoms with Crippen molar-refractivity contribution >= 4 is 22.5 Å². The first-order valence-corrected chi connectivity index (χ1v) is 12.4. The Kier molecular flexibility index (Phi) is 7.07. The van der Waals surface area contributed by atoms with Crippen LogP contribution >= 0.6 is 11.6 Å². The van der Waals surface area contributed by atoms with Gasteiger partial charge in [-0.05, 0) is 68.5 Å². The van der Waals surface area contributed by atoms with Crippen molar-refractivity contribution in [2.75, 3.05) is 6.61 Å². The molecule has 5 heterocycles. The fourth-order valence-electron chi connectivity index (χ4n) is 4.69. The molecule has 1 saturated heterocycles. The largest absolute Gasteiger partial charge is 0.374 e. The molecule has 6 rings (SSSR count). The summed E-state index contributed by atoms with van der Waals surface area (Å²) in [6.07, 6.45) is 8.74. The highest BCUT2D eigenvalue weighted by Crippen LogP contribution is 2.31. The van der Waals surface area contributed by atoms with E-state index < -0.39 is 11.6 Å². The summed E-state index contributed by atoms with van der Waals surface area (Å²) in [6.45, 7) is 3.55. The molecule has 1 fully saturated rings. The van der Waals surface area contributed by atoms with Crippen LogP contribution in [0, 0.1) is 18.6 Å². The van der Waals surface area contributed by atoms with Crippen LogP contribution in [-0.4, -0.2) is 26.1 Å². The molecule has 4 aromatic rings. The molecule has 2 aliphatic heterocycles. The standard InChI is InChI=1S/C16H10ClF2N3O.C11H15NO/c17-10-4-3-8(12(18)13(10)19)14-15-9(5-6-20-14)16(23)22-7-1-2-11(22)21-15;1-9-8-10(5-6-12-9)11-4-2-3-7-13-11/h3-6H,1-2,7H2;5-6,8,11H,2-4,7H2,1H3. The van der Waals surface area contributed by atoms with Gasteiger partial charge in [-0.2, -0.15) is 0 Å². The fraction of sp³-hybridized carbons (Fsp3) is 0.333. The lowest BCUT2D eigenvalue weighted by Gasteiger charge is -2.22. The Hall–Kier alpha value is -3.23. The van der Waals surface area contributed by atoms with E-state index in [4.69, 9.17) is 16.3 Å². The number of ether oxygens (including phenoxy) is 1. The molecule has 36 heavy (non-hydrogen) atoms. The minimum Gasteiger partial charge on any atom is -0.374 e. The zero-order chi connectivity index (χ0) is 25.2. The topological polar surface area (TPSA) is 69.9 Å². The predicted octanol–water partition coefficient (Wildman–Crippen LogP) is 5.97. The lowest BCUT2D eigenvalue weighted by Crippen LogP contribution is -2.21. The summed E-state index contributed by atoms with van der Waals surface area (Å²) in [6, 6.07) is 8.33. The maximum Gasteiger partial charge on any atom is 0.261 e. The number of pyridine rings is 2. The molecule has 0 radical (unpaired) electrons. The van der Waals surface area contributed by atoms with Crippen LogP contribution in [0.3, 0.4) is 0 Å². The van der Waals surface area contributed by atoms with Crippen molar-refractivity contribution in [3.05, 3.63) is 86.8 Å². The lowest BCUT2D eigenvalue weighted by molar-refractivity contribution is 0.0149. The molecule has 1 unspecified atom stereocenters. The lowest BCUT2D eigenvalue weighted by atomic mass is 10.0. The van der Waals surface area contributed by atoms with Crippen LogP contribution in [-0.2, 0) is 17.7 Å². The number of aromatic nitrogens is 4. The molecule has 6 nitrogen and oxygen atoms in total. The summed E-state index contributed by atoms with van der Waals surface area (Å²) in [5, 5.41) is 0.0378. The van der Waals surface area contributed by atoms with Gasteiger partial charge in [0.2, 0.25) is 0 Å². The van der Waals surface area contributed by atoms with Crippen LogP contribution in [0.25, 0.3) is 22.2 Å². The van der Waals surface area contributed by atoms with E-state index in [1.807, 2.05) is 13.1 Å². The maximum atomic E-state index is 14.2. The first-order chi connectivity index (χ1) is 17.4. The van der Waals surface area contributed by atoms with Crippen LogP contribution in [0.15, 0.2) is 47.5 Å². The molecule has 0 amide bonds. The van der Waals surface area contributed by atoms with Gasteiger partial charge in [0, 0.05) is 43.2 Å². The quantitative estimate of drug-likeness (QED) is 0.311. The van der Waals surface area contributed by atoms with Gasteiger partial charge < -0.3 is 4.74 Å². The molecule has 2 aliphatic rings. The third kappa shape index (κ3) is 4.75. The fourth-order valence-corrected chi connectivity index (χ4v) is 4.83. The number of nitrogens with zero attached hydrogens (tertiary/aromatic N) is 4. The Balaban J connectivity index is 0.000000174. The van der Waals surface area contributed by atoms with Crippen molar-refractivity contribution in [3.63, 3.8) is 0 Å². The summed E-state index contributed by atoms with van der Waals surface area (Å²) in [5.41, 5.74) is 2.54. The van der Waals surface area contributed by atoms with Crippen molar-refractivity contribution < 1.29 is 13.5 Å². The Morgan fingerprint density at radius 1 is 1.06 bits per heavy atom. The molecule has 9 heteroatoms. The van der Waals surface area contributed by atoms with Gasteiger partial charge >= 0.3 is 0 Å². The number of hydrogen-bond acceptors (Lipinski definition) is 5. The van der Waals surface area contributed by atoms with Crippen LogP contribution in [0.4, 0.5) is 8.78 Å². The number of benzene rings is 1. The SMILES string of the molecule is Cc1cc(C2CCCCO2)ccn1.O=c1c2ccnc(-c3ccc(Cl)c(F)c3F)c2nc2n1CCC2. The highest BCUT2D eigenvalue weighted by molar-refractivity contribution is 6.30. The van der Waals surface area contributed by atoms with E-state index in [2.05, 4.69) is 27.1 Å². The van der Waals surface area contributed by atoms with Crippen LogP contribution < -0.4 is 5.56 Å². The van der Waals surface area contributed by atoms with E-state index in [0.29, 0.717) is 30.3 Å². The van der Waals surface area contributed by atoms with Crippen LogP contribution in [0.2, 0.25) is 5.02 Å². The average molecular weight is 511 g/mol. The van der Waals surface area contributed by atoms with Gasteiger partial charge in [-0.3, -0.25) is 19.3 Å². The zero-order valence-corrected chi connectivity index (χ0v) is 20.6. The minimum atomic E-state index is -1.14. The van der Waals surface area contributed by atoms with E-state index >= 15 is 0 Å².